The lowest BCUT2D eigenvalue weighted by Gasteiger charge is -2.19. The molecule has 0 saturated heterocycles. The van der Waals surface area contributed by atoms with Crippen LogP contribution in [0.25, 0.3) is 0 Å². The van der Waals surface area contributed by atoms with Crippen molar-refractivity contribution in [1.82, 2.24) is 15.2 Å². The highest BCUT2D eigenvalue weighted by molar-refractivity contribution is 6.02. The van der Waals surface area contributed by atoms with Crippen molar-refractivity contribution in [2.24, 2.45) is 0 Å². The SMILES string of the molecule is CCOc1nc(C(=O)Nc2cc(C3CCCCC3)[nH]n2)co1. The maximum Gasteiger partial charge on any atom is 0.394 e. The zero-order valence-electron chi connectivity index (χ0n) is 12.6. The third-order valence-corrected chi connectivity index (χ3v) is 3.87. The Bertz CT molecular complexity index is 628. The van der Waals surface area contributed by atoms with Gasteiger partial charge in [0, 0.05) is 17.7 Å². The van der Waals surface area contributed by atoms with Crippen LogP contribution >= 0.6 is 0 Å². The summed E-state index contributed by atoms with van der Waals surface area (Å²) < 4.78 is 10.1. The Morgan fingerprint density at radius 3 is 3.05 bits per heavy atom. The van der Waals surface area contributed by atoms with Gasteiger partial charge in [0.1, 0.15) is 6.26 Å². The zero-order valence-corrected chi connectivity index (χ0v) is 12.6. The number of nitrogens with zero attached hydrogens (tertiary/aromatic N) is 2. The first kappa shape index (κ1) is 14.6. The van der Waals surface area contributed by atoms with E-state index >= 15 is 0 Å². The molecule has 1 amide bonds. The molecule has 1 aliphatic rings. The predicted molar refractivity (Wildman–Crippen MR) is 80.0 cm³/mol. The molecular formula is C15H20N4O3. The van der Waals surface area contributed by atoms with Crippen LogP contribution in [0.3, 0.4) is 0 Å². The van der Waals surface area contributed by atoms with Gasteiger partial charge in [0.2, 0.25) is 0 Å². The van der Waals surface area contributed by atoms with Gasteiger partial charge in [-0.05, 0) is 19.8 Å². The van der Waals surface area contributed by atoms with Crippen LogP contribution in [0.1, 0.15) is 61.1 Å². The van der Waals surface area contributed by atoms with Crippen LogP contribution < -0.4 is 10.1 Å². The minimum absolute atomic E-state index is 0.0950. The van der Waals surface area contributed by atoms with Gasteiger partial charge in [-0.15, -0.1) is 0 Å². The maximum absolute atomic E-state index is 12.1. The lowest BCUT2D eigenvalue weighted by atomic mass is 9.87. The number of aromatic nitrogens is 3. The molecule has 0 bridgehead atoms. The fraction of sp³-hybridized carbons (Fsp3) is 0.533. The van der Waals surface area contributed by atoms with Crippen molar-refractivity contribution in [3.8, 4) is 6.08 Å². The highest BCUT2D eigenvalue weighted by Crippen LogP contribution is 2.32. The number of aromatic amines is 1. The molecule has 0 spiro atoms. The van der Waals surface area contributed by atoms with E-state index in [-0.39, 0.29) is 17.7 Å². The number of rotatable bonds is 5. The summed E-state index contributed by atoms with van der Waals surface area (Å²) in [6.45, 7) is 2.26. The molecule has 0 radical (unpaired) electrons. The minimum Gasteiger partial charge on any atom is -0.450 e. The number of carbonyl (C=O) groups excluding carboxylic acids is 1. The standard InChI is InChI=1S/C15H20N4O3/c1-2-21-15-16-12(9-22-15)14(20)17-13-8-11(18-19-13)10-6-4-3-5-7-10/h8-10H,2-7H2,1H3,(H2,17,18,19,20). The Kier molecular flexibility index (Phi) is 4.41. The van der Waals surface area contributed by atoms with Crippen molar-refractivity contribution in [2.45, 2.75) is 44.9 Å². The van der Waals surface area contributed by atoms with Crippen LogP contribution in [0.4, 0.5) is 5.82 Å². The van der Waals surface area contributed by atoms with Gasteiger partial charge in [0.05, 0.1) is 6.61 Å². The maximum atomic E-state index is 12.1. The quantitative estimate of drug-likeness (QED) is 0.885. The number of anilines is 1. The summed E-state index contributed by atoms with van der Waals surface area (Å²) in [7, 11) is 0. The van der Waals surface area contributed by atoms with Crippen molar-refractivity contribution in [2.75, 3.05) is 11.9 Å². The first-order valence-electron chi connectivity index (χ1n) is 7.71. The Balaban J connectivity index is 1.62. The monoisotopic (exact) mass is 304 g/mol. The summed E-state index contributed by atoms with van der Waals surface area (Å²) in [4.78, 5) is 16.0. The summed E-state index contributed by atoms with van der Waals surface area (Å²) in [5.74, 6) is 0.659. The van der Waals surface area contributed by atoms with Gasteiger partial charge < -0.3 is 14.5 Å². The summed E-state index contributed by atoms with van der Waals surface area (Å²) in [6.07, 6.45) is 7.54. The topological polar surface area (TPSA) is 93.0 Å². The van der Waals surface area contributed by atoms with Crippen LogP contribution in [0.15, 0.2) is 16.7 Å². The van der Waals surface area contributed by atoms with Gasteiger partial charge in [0.25, 0.3) is 5.91 Å². The Labute approximate surface area is 128 Å². The lowest BCUT2D eigenvalue weighted by molar-refractivity contribution is 0.102. The smallest absolute Gasteiger partial charge is 0.394 e. The van der Waals surface area contributed by atoms with E-state index in [4.69, 9.17) is 9.15 Å². The normalized spacial score (nSPS) is 15.7. The molecule has 2 N–H and O–H groups in total. The van der Waals surface area contributed by atoms with E-state index in [1.54, 1.807) is 0 Å². The molecule has 2 aromatic rings. The summed E-state index contributed by atoms with van der Waals surface area (Å²) in [5, 5.41) is 9.89. The van der Waals surface area contributed by atoms with Gasteiger partial charge >= 0.3 is 6.08 Å². The van der Waals surface area contributed by atoms with E-state index in [1.807, 2.05) is 13.0 Å². The number of hydrogen-bond acceptors (Lipinski definition) is 5. The molecule has 0 aliphatic heterocycles. The molecule has 0 atom stereocenters. The third-order valence-electron chi connectivity index (χ3n) is 3.87. The van der Waals surface area contributed by atoms with E-state index in [1.165, 1.54) is 38.4 Å². The number of oxazole rings is 1. The second-order valence-electron chi connectivity index (χ2n) is 5.43. The minimum atomic E-state index is -0.364. The number of H-pyrrole nitrogens is 1. The summed E-state index contributed by atoms with van der Waals surface area (Å²) >= 11 is 0. The van der Waals surface area contributed by atoms with Crippen molar-refractivity contribution in [3.05, 3.63) is 23.7 Å². The molecule has 1 fully saturated rings. The van der Waals surface area contributed by atoms with E-state index < -0.39 is 0 Å². The average molecular weight is 304 g/mol. The van der Waals surface area contributed by atoms with Crippen molar-refractivity contribution in [3.63, 3.8) is 0 Å². The van der Waals surface area contributed by atoms with Gasteiger partial charge in [-0.25, -0.2) is 0 Å². The van der Waals surface area contributed by atoms with Gasteiger partial charge in [0.15, 0.2) is 11.5 Å². The second kappa shape index (κ2) is 6.64. The summed E-state index contributed by atoms with van der Waals surface area (Å²) in [5.41, 5.74) is 1.26. The Morgan fingerprint density at radius 1 is 1.45 bits per heavy atom. The van der Waals surface area contributed by atoms with Gasteiger partial charge in [-0.2, -0.15) is 10.1 Å². The highest BCUT2D eigenvalue weighted by Gasteiger charge is 2.19. The van der Waals surface area contributed by atoms with E-state index in [2.05, 4.69) is 20.5 Å². The zero-order chi connectivity index (χ0) is 15.4. The van der Waals surface area contributed by atoms with Crippen LogP contribution in [0.2, 0.25) is 0 Å². The number of ether oxygens (including phenoxy) is 1. The fourth-order valence-electron chi connectivity index (χ4n) is 2.76. The first-order valence-corrected chi connectivity index (χ1v) is 7.71. The molecular weight excluding hydrogens is 284 g/mol. The van der Waals surface area contributed by atoms with E-state index in [9.17, 15) is 4.79 Å². The molecule has 7 heteroatoms. The molecule has 1 saturated carbocycles. The molecule has 22 heavy (non-hydrogen) atoms. The van der Waals surface area contributed by atoms with Crippen LogP contribution in [0.5, 0.6) is 6.08 Å². The number of nitrogens with one attached hydrogen (secondary N) is 2. The van der Waals surface area contributed by atoms with Gasteiger partial charge in [-0.3, -0.25) is 9.89 Å². The van der Waals surface area contributed by atoms with Crippen LogP contribution in [-0.4, -0.2) is 27.7 Å². The van der Waals surface area contributed by atoms with Gasteiger partial charge in [-0.1, -0.05) is 19.3 Å². The molecule has 0 aromatic carbocycles. The molecule has 2 heterocycles. The Morgan fingerprint density at radius 2 is 2.27 bits per heavy atom. The van der Waals surface area contributed by atoms with Crippen molar-refractivity contribution < 1.29 is 13.9 Å². The fourth-order valence-corrected chi connectivity index (χ4v) is 2.76. The molecule has 118 valence electrons. The van der Waals surface area contributed by atoms with Crippen LogP contribution in [0, 0.1) is 0 Å². The molecule has 2 aromatic heterocycles. The Hall–Kier alpha value is -2.31. The number of carbonyl (C=O) groups is 1. The first-order chi connectivity index (χ1) is 10.8. The molecule has 1 aliphatic carbocycles. The second-order valence-corrected chi connectivity index (χ2v) is 5.43. The van der Waals surface area contributed by atoms with E-state index in [0.717, 1.165) is 5.69 Å². The molecule has 0 unspecified atom stereocenters. The summed E-state index contributed by atoms with van der Waals surface area (Å²) in [6, 6.07) is 1.90. The third kappa shape index (κ3) is 3.29. The molecule has 7 nitrogen and oxygen atoms in total. The molecule has 3 rings (SSSR count). The van der Waals surface area contributed by atoms with E-state index in [0.29, 0.717) is 18.3 Å². The largest absolute Gasteiger partial charge is 0.450 e. The highest BCUT2D eigenvalue weighted by atomic mass is 16.6. The van der Waals surface area contributed by atoms with Crippen LogP contribution in [-0.2, 0) is 0 Å². The van der Waals surface area contributed by atoms with Crippen molar-refractivity contribution >= 4 is 11.7 Å². The predicted octanol–water partition coefficient (Wildman–Crippen LogP) is 3.10. The number of amides is 1. The number of hydrogen-bond donors (Lipinski definition) is 2. The average Bonchev–Trinajstić information content (AvgIpc) is 3.18. The van der Waals surface area contributed by atoms with Crippen molar-refractivity contribution in [1.29, 1.82) is 0 Å². The lowest BCUT2D eigenvalue weighted by Crippen LogP contribution is -2.12.